The Bertz CT molecular complexity index is 232. The summed E-state index contributed by atoms with van der Waals surface area (Å²) in [5, 5.41) is 3.75. The lowest BCUT2D eigenvalue weighted by Crippen LogP contribution is -2.47. The molecule has 0 spiro atoms. The van der Waals surface area contributed by atoms with Gasteiger partial charge in [-0.05, 0) is 38.3 Å². The van der Waals surface area contributed by atoms with Crippen LogP contribution >= 0.6 is 0 Å². The normalized spacial score (nSPS) is 26.4. The molecule has 0 radical (unpaired) electrons. The van der Waals surface area contributed by atoms with E-state index in [0.29, 0.717) is 11.5 Å². The summed E-state index contributed by atoms with van der Waals surface area (Å²) < 4.78 is 0. The van der Waals surface area contributed by atoms with Gasteiger partial charge in [0.1, 0.15) is 0 Å². The maximum absolute atomic E-state index is 3.75. The molecule has 114 valence electrons. The first-order chi connectivity index (χ1) is 8.95. The van der Waals surface area contributed by atoms with Crippen molar-refractivity contribution in [1.29, 1.82) is 0 Å². The number of hydrogen-bond donors (Lipinski definition) is 1. The van der Waals surface area contributed by atoms with Gasteiger partial charge in [-0.2, -0.15) is 0 Å². The molecule has 0 aliphatic carbocycles. The van der Waals surface area contributed by atoms with Crippen LogP contribution in [0.3, 0.4) is 0 Å². The summed E-state index contributed by atoms with van der Waals surface area (Å²) in [4.78, 5) is 2.72. The minimum Gasteiger partial charge on any atom is -0.312 e. The Morgan fingerprint density at radius 1 is 1.11 bits per heavy atom. The van der Waals surface area contributed by atoms with Crippen LogP contribution in [0.2, 0.25) is 0 Å². The van der Waals surface area contributed by atoms with E-state index in [1.54, 1.807) is 0 Å². The molecule has 0 aromatic heterocycles. The van der Waals surface area contributed by atoms with Crippen molar-refractivity contribution in [3.63, 3.8) is 0 Å². The van der Waals surface area contributed by atoms with Crippen LogP contribution < -0.4 is 5.32 Å². The number of rotatable bonds is 6. The van der Waals surface area contributed by atoms with E-state index in [2.05, 4.69) is 44.8 Å². The zero-order chi connectivity index (χ0) is 14.3. The summed E-state index contributed by atoms with van der Waals surface area (Å²) in [5.41, 5.74) is 0.366. The lowest BCUT2D eigenvalue weighted by Gasteiger charge is -2.35. The minimum absolute atomic E-state index is 0.366. The summed E-state index contributed by atoms with van der Waals surface area (Å²) in [6.45, 7) is 15.5. The second-order valence-electron chi connectivity index (χ2n) is 7.42. The topological polar surface area (TPSA) is 15.3 Å². The van der Waals surface area contributed by atoms with Gasteiger partial charge >= 0.3 is 0 Å². The molecule has 2 atom stereocenters. The molecule has 1 rings (SSSR count). The number of nitrogens with zero attached hydrogens (tertiary/aromatic N) is 1. The Kier molecular flexibility index (Phi) is 7.38. The number of unbranched alkanes of at least 4 members (excludes halogenated alkanes) is 4. The standard InChI is InChI=1S/C17H36N2/c1-6-7-8-9-10-13-19-14-16(17(3,4)5)18-12-11-15(19)2/h15-16,18H,6-14H2,1-5H3. The van der Waals surface area contributed by atoms with Crippen LogP contribution in [0.15, 0.2) is 0 Å². The predicted octanol–water partition coefficient (Wildman–Crippen LogP) is 4.06. The Balaban J connectivity index is 2.39. The molecule has 1 N–H and O–H groups in total. The fourth-order valence-electron chi connectivity index (χ4n) is 2.94. The quantitative estimate of drug-likeness (QED) is 0.731. The first kappa shape index (κ1) is 17.0. The van der Waals surface area contributed by atoms with Crippen molar-refractivity contribution in [2.24, 2.45) is 5.41 Å². The molecule has 0 saturated carbocycles. The number of nitrogens with one attached hydrogen (secondary N) is 1. The SMILES string of the molecule is CCCCCCCN1CC(C(C)(C)C)NCCC1C. The third-order valence-corrected chi connectivity index (χ3v) is 4.59. The largest absolute Gasteiger partial charge is 0.312 e. The van der Waals surface area contributed by atoms with Crippen molar-refractivity contribution in [2.45, 2.75) is 85.2 Å². The third kappa shape index (κ3) is 6.27. The molecule has 2 nitrogen and oxygen atoms in total. The first-order valence-electron chi connectivity index (χ1n) is 8.42. The van der Waals surface area contributed by atoms with Crippen LogP contribution in [0.4, 0.5) is 0 Å². The van der Waals surface area contributed by atoms with Crippen molar-refractivity contribution >= 4 is 0 Å². The van der Waals surface area contributed by atoms with E-state index in [0.717, 1.165) is 6.04 Å². The predicted molar refractivity (Wildman–Crippen MR) is 85.7 cm³/mol. The molecule has 1 aliphatic rings. The monoisotopic (exact) mass is 268 g/mol. The Morgan fingerprint density at radius 3 is 2.42 bits per heavy atom. The van der Waals surface area contributed by atoms with E-state index in [1.807, 2.05) is 0 Å². The van der Waals surface area contributed by atoms with E-state index in [-0.39, 0.29) is 0 Å². The van der Waals surface area contributed by atoms with Gasteiger partial charge in [-0.3, -0.25) is 4.90 Å². The highest BCUT2D eigenvalue weighted by Crippen LogP contribution is 2.23. The average Bonchev–Trinajstić information content (AvgIpc) is 2.51. The van der Waals surface area contributed by atoms with Gasteiger partial charge in [0.2, 0.25) is 0 Å². The van der Waals surface area contributed by atoms with Crippen LogP contribution in [-0.4, -0.2) is 36.6 Å². The Labute approximate surface area is 121 Å². The molecule has 1 saturated heterocycles. The van der Waals surface area contributed by atoms with Crippen LogP contribution in [0.1, 0.15) is 73.1 Å². The molecule has 1 aliphatic heterocycles. The zero-order valence-corrected chi connectivity index (χ0v) is 14.0. The van der Waals surface area contributed by atoms with Crippen molar-refractivity contribution in [2.75, 3.05) is 19.6 Å². The van der Waals surface area contributed by atoms with Crippen LogP contribution in [0.25, 0.3) is 0 Å². The fraction of sp³-hybridized carbons (Fsp3) is 1.00. The molecule has 2 heteroatoms. The highest BCUT2D eigenvalue weighted by molar-refractivity contribution is 4.88. The summed E-state index contributed by atoms with van der Waals surface area (Å²) >= 11 is 0. The molecule has 1 heterocycles. The first-order valence-corrected chi connectivity index (χ1v) is 8.42. The van der Waals surface area contributed by atoms with Crippen molar-refractivity contribution in [3.05, 3.63) is 0 Å². The second-order valence-corrected chi connectivity index (χ2v) is 7.42. The van der Waals surface area contributed by atoms with Crippen molar-refractivity contribution in [1.82, 2.24) is 10.2 Å². The molecule has 0 aromatic carbocycles. The second kappa shape index (κ2) is 8.26. The van der Waals surface area contributed by atoms with Gasteiger partial charge in [-0.15, -0.1) is 0 Å². The maximum atomic E-state index is 3.75. The van der Waals surface area contributed by atoms with Crippen molar-refractivity contribution in [3.8, 4) is 0 Å². The van der Waals surface area contributed by atoms with Crippen LogP contribution in [0.5, 0.6) is 0 Å². The fourth-order valence-corrected chi connectivity index (χ4v) is 2.94. The van der Waals surface area contributed by atoms with Crippen molar-refractivity contribution < 1.29 is 0 Å². The van der Waals surface area contributed by atoms with E-state index in [4.69, 9.17) is 0 Å². The molecule has 19 heavy (non-hydrogen) atoms. The molecule has 0 bridgehead atoms. The highest BCUT2D eigenvalue weighted by Gasteiger charge is 2.30. The zero-order valence-electron chi connectivity index (χ0n) is 14.0. The molecule has 1 fully saturated rings. The summed E-state index contributed by atoms with van der Waals surface area (Å²) in [5.74, 6) is 0. The van der Waals surface area contributed by atoms with Gasteiger partial charge in [0.05, 0.1) is 0 Å². The summed E-state index contributed by atoms with van der Waals surface area (Å²) in [6.07, 6.45) is 8.24. The van der Waals surface area contributed by atoms with Crippen LogP contribution in [0, 0.1) is 5.41 Å². The van der Waals surface area contributed by atoms with Crippen LogP contribution in [-0.2, 0) is 0 Å². The van der Waals surface area contributed by atoms with Gasteiger partial charge in [0.15, 0.2) is 0 Å². The molecule has 2 unspecified atom stereocenters. The lowest BCUT2D eigenvalue weighted by atomic mass is 9.86. The van der Waals surface area contributed by atoms with E-state index >= 15 is 0 Å². The van der Waals surface area contributed by atoms with Gasteiger partial charge in [-0.25, -0.2) is 0 Å². The smallest absolute Gasteiger partial charge is 0.0243 e. The van der Waals surface area contributed by atoms with E-state index in [1.165, 1.54) is 58.2 Å². The van der Waals surface area contributed by atoms with Gasteiger partial charge in [0.25, 0.3) is 0 Å². The Morgan fingerprint density at radius 2 is 1.79 bits per heavy atom. The molecular weight excluding hydrogens is 232 g/mol. The van der Waals surface area contributed by atoms with E-state index in [9.17, 15) is 0 Å². The highest BCUT2D eigenvalue weighted by atomic mass is 15.2. The molecular formula is C17H36N2. The minimum atomic E-state index is 0.366. The number of hydrogen-bond acceptors (Lipinski definition) is 2. The lowest BCUT2D eigenvalue weighted by molar-refractivity contribution is 0.161. The molecule has 0 aromatic rings. The van der Waals surface area contributed by atoms with Gasteiger partial charge in [-0.1, -0.05) is 53.4 Å². The Hall–Kier alpha value is -0.0800. The maximum Gasteiger partial charge on any atom is 0.0243 e. The van der Waals surface area contributed by atoms with E-state index < -0.39 is 0 Å². The van der Waals surface area contributed by atoms with Gasteiger partial charge in [0, 0.05) is 18.6 Å². The summed E-state index contributed by atoms with van der Waals surface area (Å²) in [7, 11) is 0. The third-order valence-electron chi connectivity index (χ3n) is 4.59. The average molecular weight is 268 g/mol. The summed E-state index contributed by atoms with van der Waals surface area (Å²) in [6, 6.07) is 1.37. The van der Waals surface area contributed by atoms with Gasteiger partial charge < -0.3 is 5.32 Å². The molecule has 0 amide bonds.